The zero-order valence-electron chi connectivity index (χ0n) is 38.6. The summed E-state index contributed by atoms with van der Waals surface area (Å²) in [5.74, 6) is -0.888. The molecule has 60 heavy (non-hydrogen) atoms. The van der Waals surface area contributed by atoms with Crippen LogP contribution in [-0.4, -0.2) is 70.0 Å². The number of quaternary nitrogens is 1. The van der Waals surface area contributed by atoms with Crippen LogP contribution < -0.4 is 4.89 Å². The number of ether oxygens (including phenoxy) is 2. The Balaban J connectivity index is 4.42. The van der Waals surface area contributed by atoms with Crippen molar-refractivity contribution < 1.29 is 42.1 Å². The molecular weight excluding hydrogens is 774 g/mol. The Morgan fingerprint density at radius 3 is 1.43 bits per heavy atom. The summed E-state index contributed by atoms with van der Waals surface area (Å²) in [6, 6.07) is 0. The molecule has 0 heterocycles. The van der Waals surface area contributed by atoms with E-state index in [1.165, 1.54) is 44.9 Å². The third-order valence-electron chi connectivity index (χ3n) is 9.40. The number of unbranched alkanes of at least 4 members (excludes halogenated alkanes) is 13. The fraction of sp³-hybridized carbons (Fsp3) is 0.680. The molecule has 0 aliphatic rings. The maximum atomic E-state index is 12.7. The van der Waals surface area contributed by atoms with E-state index in [2.05, 4.69) is 98.9 Å². The van der Waals surface area contributed by atoms with E-state index in [9.17, 15) is 19.0 Å². The lowest BCUT2D eigenvalue weighted by molar-refractivity contribution is -0.870. The Hall–Kier alpha value is -2.81. The van der Waals surface area contributed by atoms with Crippen molar-refractivity contribution in [2.45, 2.75) is 174 Å². The second-order valence-electron chi connectivity index (χ2n) is 16.4. The highest BCUT2D eigenvalue weighted by molar-refractivity contribution is 7.45. The number of hydrogen-bond donors (Lipinski definition) is 0. The van der Waals surface area contributed by atoms with Crippen LogP contribution >= 0.6 is 7.82 Å². The number of phosphoric acid groups is 1. The number of rotatable bonds is 41. The smallest absolute Gasteiger partial charge is 0.306 e. The van der Waals surface area contributed by atoms with Crippen molar-refractivity contribution in [3.8, 4) is 0 Å². The number of carbonyl (C=O) groups is 2. The molecule has 0 aromatic rings. The molecule has 0 fully saturated rings. The minimum atomic E-state index is -4.64. The van der Waals surface area contributed by atoms with Gasteiger partial charge in [-0.2, -0.15) is 0 Å². The summed E-state index contributed by atoms with van der Waals surface area (Å²) in [5.41, 5.74) is 0. The van der Waals surface area contributed by atoms with Crippen LogP contribution in [0.15, 0.2) is 85.1 Å². The maximum Gasteiger partial charge on any atom is 0.306 e. The van der Waals surface area contributed by atoms with Gasteiger partial charge >= 0.3 is 11.9 Å². The number of allylic oxidation sites excluding steroid dienone is 14. The van der Waals surface area contributed by atoms with Crippen molar-refractivity contribution >= 4 is 19.8 Å². The first-order chi connectivity index (χ1) is 29.0. The second-order valence-corrected chi connectivity index (χ2v) is 17.8. The Bertz CT molecular complexity index is 1290. The van der Waals surface area contributed by atoms with E-state index in [1.54, 1.807) is 0 Å². The van der Waals surface area contributed by atoms with Crippen molar-refractivity contribution in [3.63, 3.8) is 0 Å². The molecule has 0 aliphatic carbocycles. The van der Waals surface area contributed by atoms with Crippen molar-refractivity contribution in [1.29, 1.82) is 0 Å². The van der Waals surface area contributed by atoms with E-state index in [0.717, 1.165) is 83.5 Å². The van der Waals surface area contributed by atoms with Gasteiger partial charge in [0.1, 0.15) is 19.8 Å². The molecule has 0 N–H and O–H groups in total. The molecule has 0 bridgehead atoms. The largest absolute Gasteiger partial charge is 0.756 e. The Morgan fingerprint density at radius 2 is 0.950 bits per heavy atom. The molecule has 0 radical (unpaired) electrons. The van der Waals surface area contributed by atoms with Gasteiger partial charge in [0, 0.05) is 12.8 Å². The van der Waals surface area contributed by atoms with Crippen LogP contribution in [0, 0.1) is 0 Å². The van der Waals surface area contributed by atoms with E-state index < -0.39 is 32.5 Å². The highest BCUT2D eigenvalue weighted by Gasteiger charge is 2.21. The highest BCUT2D eigenvalue weighted by atomic mass is 31.2. The average molecular weight is 860 g/mol. The van der Waals surface area contributed by atoms with Gasteiger partial charge in [0.25, 0.3) is 7.82 Å². The molecule has 2 atom stereocenters. The number of nitrogens with zero attached hydrogens (tertiary/aromatic N) is 1. The van der Waals surface area contributed by atoms with Crippen LogP contribution in [0.5, 0.6) is 0 Å². The fourth-order valence-electron chi connectivity index (χ4n) is 5.77. The van der Waals surface area contributed by atoms with Gasteiger partial charge in [-0.25, -0.2) is 0 Å². The summed E-state index contributed by atoms with van der Waals surface area (Å²) in [6.07, 6.45) is 53.2. The number of likely N-dealkylation sites (N-methyl/N-ethyl adjacent to an activating group) is 1. The van der Waals surface area contributed by atoms with Crippen LogP contribution in [0.1, 0.15) is 168 Å². The SMILES string of the molecule is CC/C=C\C/C=C\C/C=C\C/C=C\C/C=C\CCCCCC(=O)OC[C@H](COP(=O)([O-])OCC[N+](C)(C)C)OC(=O)CCCCCCCCC/C=C\C/C=C\CCCCC. The van der Waals surface area contributed by atoms with Gasteiger partial charge in [-0.15, -0.1) is 0 Å². The molecule has 0 amide bonds. The van der Waals surface area contributed by atoms with E-state index in [0.29, 0.717) is 23.9 Å². The van der Waals surface area contributed by atoms with Crippen molar-refractivity contribution in [2.24, 2.45) is 0 Å². The average Bonchev–Trinajstić information content (AvgIpc) is 3.20. The quantitative estimate of drug-likeness (QED) is 0.0196. The monoisotopic (exact) mass is 860 g/mol. The Morgan fingerprint density at radius 1 is 0.533 bits per heavy atom. The fourth-order valence-corrected chi connectivity index (χ4v) is 6.50. The lowest BCUT2D eigenvalue weighted by atomic mass is 10.1. The molecule has 9 nitrogen and oxygen atoms in total. The van der Waals surface area contributed by atoms with E-state index in [4.69, 9.17) is 18.5 Å². The Labute approximate surface area is 367 Å². The van der Waals surface area contributed by atoms with Crippen molar-refractivity contribution in [3.05, 3.63) is 85.1 Å². The van der Waals surface area contributed by atoms with E-state index in [1.807, 2.05) is 21.1 Å². The van der Waals surface area contributed by atoms with Crippen molar-refractivity contribution in [2.75, 3.05) is 47.5 Å². The lowest BCUT2D eigenvalue weighted by Gasteiger charge is -2.28. The second kappa shape index (κ2) is 41.5. The summed E-state index contributed by atoms with van der Waals surface area (Å²) in [4.78, 5) is 37.6. The number of carbonyl (C=O) groups excluding carboxylic acids is 2. The maximum absolute atomic E-state index is 12.7. The van der Waals surface area contributed by atoms with E-state index in [-0.39, 0.29) is 26.1 Å². The van der Waals surface area contributed by atoms with Gasteiger partial charge < -0.3 is 27.9 Å². The summed E-state index contributed by atoms with van der Waals surface area (Å²) in [5, 5.41) is 0. The first kappa shape index (κ1) is 57.2. The van der Waals surface area contributed by atoms with Gasteiger partial charge in [-0.3, -0.25) is 14.2 Å². The Kier molecular flexibility index (Phi) is 39.6. The van der Waals surface area contributed by atoms with Gasteiger partial charge in [0.2, 0.25) is 0 Å². The third kappa shape index (κ3) is 44.7. The molecule has 1 unspecified atom stereocenters. The van der Waals surface area contributed by atoms with Gasteiger partial charge in [0.05, 0.1) is 27.7 Å². The summed E-state index contributed by atoms with van der Waals surface area (Å²) in [7, 11) is 1.13. The van der Waals surface area contributed by atoms with Crippen LogP contribution in [0.2, 0.25) is 0 Å². The molecule has 10 heteroatoms. The molecule has 0 spiro atoms. The third-order valence-corrected chi connectivity index (χ3v) is 10.4. The van der Waals surface area contributed by atoms with Crippen LogP contribution in [-0.2, 0) is 32.7 Å². The first-order valence-electron chi connectivity index (χ1n) is 23.3. The molecule has 0 aromatic heterocycles. The molecular formula is C50H86NO8P. The predicted molar refractivity (Wildman–Crippen MR) is 249 cm³/mol. The van der Waals surface area contributed by atoms with Crippen molar-refractivity contribution in [1.82, 2.24) is 0 Å². The summed E-state index contributed by atoms with van der Waals surface area (Å²) in [6.45, 7) is 4.02. The molecule has 0 aliphatic heterocycles. The summed E-state index contributed by atoms with van der Waals surface area (Å²) < 4.78 is 33.9. The minimum Gasteiger partial charge on any atom is -0.756 e. The molecule has 0 saturated heterocycles. The molecule has 0 rings (SSSR count). The molecule has 0 aromatic carbocycles. The number of phosphoric ester groups is 1. The number of hydrogen-bond acceptors (Lipinski definition) is 8. The van der Waals surface area contributed by atoms with Gasteiger partial charge in [-0.05, 0) is 89.9 Å². The molecule has 344 valence electrons. The minimum absolute atomic E-state index is 0.0427. The normalized spacial score (nSPS) is 14.3. The molecule has 0 saturated carbocycles. The van der Waals surface area contributed by atoms with Crippen LogP contribution in [0.25, 0.3) is 0 Å². The van der Waals surface area contributed by atoms with E-state index >= 15 is 0 Å². The predicted octanol–water partition coefficient (Wildman–Crippen LogP) is 12.9. The van der Waals surface area contributed by atoms with Gasteiger partial charge in [0.15, 0.2) is 6.10 Å². The zero-order chi connectivity index (χ0) is 44.3. The standard InChI is InChI=1S/C50H86NO8P/c1-6-8-10-12-14-16-18-20-22-24-25-27-28-30-32-34-36-38-40-42-49(52)56-46-48(47-58-60(54,55)57-45-44-51(3,4)5)59-50(53)43-41-39-37-35-33-31-29-26-23-21-19-17-15-13-11-9-7-2/h8,10,14-17,20-23,25,27,30,32,48H,6-7,9,11-13,18-19,24,26,28-29,31,33-47H2,1-5H3/b10-8-,16-14-,17-15-,22-20-,23-21-,27-25-,32-30-/t48-/m1/s1. The lowest BCUT2D eigenvalue weighted by Crippen LogP contribution is -2.37. The van der Waals surface area contributed by atoms with Gasteiger partial charge in [-0.1, -0.05) is 150 Å². The summed E-state index contributed by atoms with van der Waals surface area (Å²) >= 11 is 0. The topological polar surface area (TPSA) is 111 Å². The highest BCUT2D eigenvalue weighted by Crippen LogP contribution is 2.38. The number of esters is 2. The van der Waals surface area contributed by atoms with Crippen LogP contribution in [0.4, 0.5) is 0 Å². The van der Waals surface area contributed by atoms with Crippen LogP contribution in [0.3, 0.4) is 0 Å². The zero-order valence-corrected chi connectivity index (χ0v) is 39.5. The first-order valence-corrected chi connectivity index (χ1v) is 24.8.